The van der Waals surface area contributed by atoms with Crippen LogP contribution in [0.5, 0.6) is 0 Å². The van der Waals surface area contributed by atoms with Gasteiger partial charge in [0.2, 0.25) is 5.91 Å². The van der Waals surface area contributed by atoms with Gasteiger partial charge in [-0.3, -0.25) is 9.59 Å². The number of ether oxygens (including phenoxy) is 1. The number of hydrogen-bond acceptors (Lipinski definition) is 4. The second kappa shape index (κ2) is 7.70. The van der Waals surface area contributed by atoms with Gasteiger partial charge in [-0.2, -0.15) is 0 Å². The number of imidazole rings is 1. The van der Waals surface area contributed by atoms with Crippen LogP contribution in [0.15, 0.2) is 42.5 Å². The summed E-state index contributed by atoms with van der Waals surface area (Å²) in [6, 6.07) is 13.9. The van der Waals surface area contributed by atoms with Crippen molar-refractivity contribution in [2.24, 2.45) is 0 Å². The van der Waals surface area contributed by atoms with Crippen molar-refractivity contribution >= 4 is 28.6 Å². The summed E-state index contributed by atoms with van der Waals surface area (Å²) in [5.74, 6) is 0.467. The van der Waals surface area contributed by atoms with E-state index in [4.69, 9.17) is 9.72 Å². The number of amides is 1. The Morgan fingerprint density at radius 1 is 1.21 bits per heavy atom. The number of nitrogens with zero attached hydrogens (tertiary/aromatic N) is 3. The minimum Gasteiger partial charge on any atom is -0.465 e. The predicted molar refractivity (Wildman–Crippen MR) is 112 cm³/mol. The fourth-order valence-electron chi connectivity index (χ4n) is 4.13. The number of carbonyl (C=O) groups excluding carboxylic acids is 2. The van der Waals surface area contributed by atoms with Gasteiger partial charge in [-0.25, -0.2) is 4.98 Å². The molecule has 2 heterocycles. The first-order valence-electron chi connectivity index (χ1n) is 9.96. The molecule has 6 heteroatoms. The Labute approximate surface area is 170 Å². The van der Waals surface area contributed by atoms with Crippen LogP contribution in [0.4, 0.5) is 5.69 Å². The van der Waals surface area contributed by atoms with E-state index in [1.807, 2.05) is 59.7 Å². The number of aromatic nitrogens is 2. The lowest BCUT2D eigenvalue weighted by Gasteiger charge is -2.20. The van der Waals surface area contributed by atoms with Gasteiger partial charge in [-0.05, 0) is 44.5 Å². The number of benzene rings is 2. The van der Waals surface area contributed by atoms with Crippen LogP contribution in [-0.4, -0.2) is 34.6 Å². The summed E-state index contributed by atoms with van der Waals surface area (Å²) >= 11 is 0. The molecule has 2 aromatic carbocycles. The van der Waals surface area contributed by atoms with Crippen molar-refractivity contribution in [3.05, 3.63) is 59.4 Å². The third kappa shape index (κ3) is 3.62. The Kier molecular flexibility index (Phi) is 5.09. The quantitative estimate of drug-likeness (QED) is 0.622. The summed E-state index contributed by atoms with van der Waals surface area (Å²) in [5.41, 5.74) is 4.90. The van der Waals surface area contributed by atoms with Crippen LogP contribution in [0, 0.1) is 13.8 Å². The maximum absolute atomic E-state index is 12.8. The van der Waals surface area contributed by atoms with E-state index < -0.39 is 0 Å². The topological polar surface area (TPSA) is 64.4 Å². The summed E-state index contributed by atoms with van der Waals surface area (Å²) < 4.78 is 7.05. The van der Waals surface area contributed by atoms with Gasteiger partial charge in [0.1, 0.15) is 12.4 Å². The Morgan fingerprint density at radius 3 is 2.76 bits per heavy atom. The summed E-state index contributed by atoms with van der Waals surface area (Å²) in [6.07, 6.45) is 0.374. The Bertz CT molecular complexity index is 1090. The fraction of sp³-hybridized carbons (Fsp3) is 0.348. The molecule has 1 aliphatic heterocycles. The second-order valence-electron chi connectivity index (χ2n) is 7.55. The van der Waals surface area contributed by atoms with E-state index >= 15 is 0 Å². The first-order chi connectivity index (χ1) is 14.0. The van der Waals surface area contributed by atoms with Crippen molar-refractivity contribution in [2.75, 3.05) is 18.1 Å². The van der Waals surface area contributed by atoms with Gasteiger partial charge in [0.15, 0.2) is 0 Å². The van der Waals surface area contributed by atoms with Crippen LogP contribution in [0.25, 0.3) is 11.0 Å². The summed E-state index contributed by atoms with van der Waals surface area (Å²) in [7, 11) is 0. The standard InChI is InChI=1S/C23H25N3O3/c1-4-29-22(28)14-26-20-8-6-5-7-18(20)24-23(26)17-12-21(27)25(13-17)19-10-9-15(2)11-16(19)3/h5-11,17H,4,12-14H2,1-3H3. The van der Waals surface area contributed by atoms with Crippen LogP contribution >= 0.6 is 0 Å². The van der Waals surface area contributed by atoms with Crippen molar-refractivity contribution in [3.8, 4) is 0 Å². The fourth-order valence-corrected chi connectivity index (χ4v) is 4.13. The number of rotatable bonds is 5. The van der Waals surface area contributed by atoms with Crippen LogP contribution in [0.3, 0.4) is 0 Å². The molecule has 150 valence electrons. The van der Waals surface area contributed by atoms with E-state index in [1.165, 1.54) is 5.56 Å². The van der Waals surface area contributed by atoms with Gasteiger partial charge in [-0.1, -0.05) is 29.8 Å². The zero-order valence-electron chi connectivity index (χ0n) is 17.0. The highest BCUT2D eigenvalue weighted by Gasteiger charge is 2.35. The Hall–Kier alpha value is -3.15. The van der Waals surface area contributed by atoms with Gasteiger partial charge >= 0.3 is 5.97 Å². The molecule has 1 unspecified atom stereocenters. The van der Waals surface area contributed by atoms with Crippen molar-refractivity contribution in [3.63, 3.8) is 0 Å². The first-order valence-corrected chi connectivity index (χ1v) is 9.96. The number of esters is 1. The molecule has 0 N–H and O–H groups in total. The molecule has 0 aliphatic carbocycles. The monoisotopic (exact) mass is 391 g/mol. The van der Waals surface area contributed by atoms with Gasteiger partial charge < -0.3 is 14.2 Å². The molecule has 6 nitrogen and oxygen atoms in total. The van der Waals surface area contributed by atoms with Crippen molar-refractivity contribution in [1.29, 1.82) is 0 Å². The smallest absolute Gasteiger partial charge is 0.326 e. The van der Waals surface area contributed by atoms with Crippen molar-refractivity contribution in [1.82, 2.24) is 9.55 Å². The first kappa shape index (κ1) is 19.2. The number of fused-ring (bicyclic) bond motifs is 1. The maximum Gasteiger partial charge on any atom is 0.326 e. The van der Waals surface area contributed by atoms with E-state index in [2.05, 4.69) is 6.07 Å². The normalized spacial score (nSPS) is 16.6. The maximum atomic E-state index is 12.8. The number of anilines is 1. The van der Waals surface area contributed by atoms with Gasteiger partial charge in [0.25, 0.3) is 0 Å². The average Bonchev–Trinajstić information content (AvgIpc) is 3.23. The van der Waals surface area contributed by atoms with E-state index in [0.29, 0.717) is 19.6 Å². The van der Waals surface area contributed by atoms with Gasteiger partial charge in [0, 0.05) is 24.6 Å². The molecule has 0 saturated carbocycles. The number of aryl methyl sites for hydroxylation is 2. The number of hydrogen-bond donors (Lipinski definition) is 0. The largest absolute Gasteiger partial charge is 0.465 e. The van der Waals surface area contributed by atoms with Crippen LogP contribution in [-0.2, 0) is 20.9 Å². The van der Waals surface area contributed by atoms with Gasteiger partial charge in [-0.15, -0.1) is 0 Å². The summed E-state index contributed by atoms with van der Waals surface area (Å²) in [5, 5.41) is 0. The molecular weight excluding hydrogens is 366 g/mol. The highest BCUT2D eigenvalue weighted by Crippen LogP contribution is 2.34. The molecule has 0 radical (unpaired) electrons. The molecular formula is C23H25N3O3. The predicted octanol–water partition coefficient (Wildman–Crippen LogP) is 3.74. The van der Waals surface area contributed by atoms with Crippen LogP contribution in [0.1, 0.15) is 36.2 Å². The molecule has 1 aliphatic rings. The molecule has 4 rings (SSSR count). The molecule has 1 amide bonds. The molecule has 3 aromatic rings. The average molecular weight is 391 g/mol. The summed E-state index contributed by atoms with van der Waals surface area (Å²) in [4.78, 5) is 31.7. The summed E-state index contributed by atoms with van der Waals surface area (Å²) in [6.45, 7) is 6.85. The van der Waals surface area contributed by atoms with Crippen molar-refractivity contribution in [2.45, 2.75) is 39.7 Å². The minimum absolute atomic E-state index is 0.0787. The molecule has 1 fully saturated rings. The SMILES string of the molecule is CCOC(=O)Cn1c(C2CC(=O)N(c3ccc(C)cc3C)C2)nc2ccccc21. The number of carbonyl (C=O) groups is 2. The molecule has 29 heavy (non-hydrogen) atoms. The highest BCUT2D eigenvalue weighted by atomic mass is 16.5. The molecule has 0 spiro atoms. The Morgan fingerprint density at radius 2 is 2.00 bits per heavy atom. The second-order valence-corrected chi connectivity index (χ2v) is 7.55. The van der Waals surface area contributed by atoms with E-state index in [0.717, 1.165) is 28.1 Å². The van der Waals surface area contributed by atoms with E-state index in [1.54, 1.807) is 6.92 Å². The lowest BCUT2D eigenvalue weighted by Crippen LogP contribution is -2.25. The minimum atomic E-state index is -0.299. The zero-order chi connectivity index (χ0) is 20.5. The third-order valence-electron chi connectivity index (χ3n) is 5.41. The Balaban J connectivity index is 1.69. The number of para-hydroxylation sites is 2. The zero-order valence-corrected chi connectivity index (χ0v) is 17.0. The third-order valence-corrected chi connectivity index (χ3v) is 5.41. The molecule has 0 bridgehead atoms. The molecule has 1 saturated heterocycles. The molecule has 1 atom stereocenters. The van der Waals surface area contributed by atoms with Crippen molar-refractivity contribution < 1.29 is 14.3 Å². The lowest BCUT2D eigenvalue weighted by atomic mass is 10.1. The molecule has 1 aromatic heterocycles. The van der Waals surface area contributed by atoms with Crippen LogP contribution < -0.4 is 4.90 Å². The highest BCUT2D eigenvalue weighted by molar-refractivity contribution is 5.97. The van der Waals surface area contributed by atoms with E-state index in [-0.39, 0.29) is 24.3 Å². The van der Waals surface area contributed by atoms with E-state index in [9.17, 15) is 9.59 Å². The van der Waals surface area contributed by atoms with Gasteiger partial charge in [0.05, 0.1) is 17.6 Å². The lowest BCUT2D eigenvalue weighted by molar-refractivity contribution is -0.143. The van der Waals surface area contributed by atoms with Crippen LogP contribution in [0.2, 0.25) is 0 Å².